The number of rotatable bonds is 6. The second kappa shape index (κ2) is 8.54. The van der Waals surface area contributed by atoms with Crippen LogP contribution in [0.5, 0.6) is 0 Å². The van der Waals surface area contributed by atoms with Gasteiger partial charge in [0.05, 0.1) is 4.92 Å². The van der Waals surface area contributed by atoms with Crippen molar-refractivity contribution in [2.45, 2.75) is 50.3 Å². The average molecular weight is 428 g/mol. The molecule has 0 radical (unpaired) electrons. The smallest absolute Gasteiger partial charge is 0.412 e. The number of hydrogen-bond acceptors (Lipinski definition) is 9. The number of thioether (sulfide) groups is 1. The third-order valence-corrected chi connectivity index (χ3v) is 4.54. The maximum atomic E-state index is 12.1. The standard InChI is InChI=1S/C19H20N6O4S/c1-19(2,3)29-18(26)22-12-5-4-6-14(9-12)24(13-7-8-13)17-21-10-15(25(27)28)16(23-17)30-11-20/h4-6,9-10,13H,7-8H2,1-3H3,(H,22,26). The van der Waals surface area contributed by atoms with Gasteiger partial charge < -0.3 is 9.64 Å². The predicted octanol–water partition coefficient (Wildman–Crippen LogP) is 4.61. The highest BCUT2D eigenvalue weighted by Gasteiger charge is 2.33. The molecule has 1 aliphatic rings. The number of nitrogens with one attached hydrogen (secondary N) is 1. The predicted molar refractivity (Wildman–Crippen MR) is 112 cm³/mol. The number of ether oxygens (including phenoxy) is 1. The number of carbonyl (C=O) groups excluding carboxylic acids is 1. The number of benzene rings is 1. The number of carbonyl (C=O) groups is 1. The number of thiocyanates is 1. The molecule has 2 aromatic rings. The fraction of sp³-hybridized carbons (Fsp3) is 0.368. The third-order valence-electron chi connectivity index (χ3n) is 3.96. The van der Waals surface area contributed by atoms with Crippen LogP contribution >= 0.6 is 11.8 Å². The number of nitrogens with zero attached hydrogens (tertiary/aromatic N) is 5. The summed E-state index contributed by atoms with van der Waals surface area (Å²) in [5.74, 6) is 0.260. The first-order chi connectivity index (χ1) is 14.2. The molecule has 1 amide bonds. The van der Waals surface area contributed by atoms with Gasteiger partial charge in [-0.05, 0) is 51.8 Å². The summed E-state index contributed by atoms with van der Waals surface area (Å²) in [6, 6.07) is 7.22. The van der Waals surface area contributed by atoms with Gasteiger partial charge in [0.25, 0.3) is 0 Å². The summed E-state index contributed by atoms with van der Waals surface area (Å²) in [6.07, 6.45) is 2.35. The van der Waals surface area contributed by atoms with Crippen LogP contribution < -0.4 is 10.2 Å². The zero-order valence-corrected chi connectivity index (χ0v) is 17.5. The minimum Gasteiger partial charge on any atom is -0.444 e. The third kappa shape index (κ3) is 5.36. The zero-order chi connectivity index (χ0) is 21.9. The van der Waals surface area contributed by atoms with Gasteiger partial charge in [-0.15, -0.1) is 0 Å². The van der Waals surface area contributed by atoms with E-state index in [-0.39, 0.29) is 22.7 Å². The van der Waals surface area contributed by atoms with Crippen molar-refractivity contribution in [3.63, 3.8) is 0 Å². The number of amides is 1. The topological polar surface area (TPSA) is 134 Å². The molecule has 1 saturated carbocycles. The van der Waals surface area contributed by atoms with Crippen molar-refractivity contribution in [2.75, 3.05) is 10.2 Å². The van der Waals surface area contributed by atoms with E-state index < -0.39 is 16.6 Å². The van der Waals surface area contributed by atoms with Crippen molar-refractivity contribution < 1.29 is 14.5 Å². The second-order valence-corrected chi connectivity index (χ2v) is 8.36. The Balaban J connectivity index is 1.91. The van der Waals surface area contributed by atoms with Crippen molar-refractivity contribution in [1.82, 2.24) is 9.97 Å². The van der Waals surface area contributed by atoms with E-state index in [2.05, 4.69) is 15.3 Å². The Hall–Kier alpha value is -3.39. The van der Waals surface area contributed by atoms with Crippen molar-refractivity contribution in [3.8, 4) is 5.40 Å². The monoisotopic (exact) mass is 428 g/mol. The summed E-state index contributed by atoms with van der Waals surface area (Å²) >= 11 is 0.618. The highest BCUT2D eigenvalue weighted by Crippen LogP contribution is 2.39. The van der Waals surface area contributed by atoms with E-state index in [4.69, 9.17) is 10.00 Å². The number of anilines is 3. The van der Waals surface area contributed by atoms with Gasteiger partial charge in [0.2, 0.25) is 5.95 Å². The highest BCUT2D eigenvalue weighted by atomic mass is 32.2. The number of aromatic nitrogens is 2. The normalized spacial score (nSPS) is 13.3. The summed E-state index contributed by atoms with van der Waals surface area (Å²) in [6.45, 7) is 5.34. The van der Waals surface area contributed by atoms with E-state index in [1.807, 2.05) is 16.4 Å². The summed E-state index contributed by atoms with van der Waals surface area (Å²) in [4.78, 5) is 32.9. The van der Waals surface area contributed by atoms with Gasteiger partial charge in [-0.2, -0.15) is 10.2 Å². The van der Waals surface area contributed by atoms with E-state index in [9.17, 15) is 14.9 Å². The Kier molecular flexibility index (Phi) is 6.07. The lowest BCUT2D eigenvalue weighted by Crippen LogP contribution is -2.27. The summed E-state index contributed by atoms with van der Waals surface area (Å²) < 4.78 is 5.28. The van der Waals surface area contributed by atoms with Crippen LogP contribution in [0.4, 0.5) is 27.8 Å². The largest absolute Gasteiger partial charge is 0.444 e. The van der Waals surface area contributed by atoms with Crippen molar-refractivity contribution in [1.29, 1.82) is 5.26 Å². The van der Waals surface area contributed by atoms with Crippen LogP contribution in [0.3, 0.4) is 0 Å². The number of hydrogen-bond donors (Lipinski definition) is 1. The summed E-state index contributed by atoms with van der Waals surface area (Å²) in [7, 11) is 0. The van der Waals surface area contributed by atoms with Crippen LogP contribution in [0.15, 0.2) is 35.5 Å². The van der Waals surface area contributed by atoms with Gasteiger partial charge in [0, 0.05) is 29.2 Å². The molecule has 3 rings (SSSR count). The van der Waals surface area contributed by atoms with E-state index in [0.717, 1.165) is 19.0 Å². The van der Waals surface area contributed by atoms with Crippen LogP contribution in [0.2, 0.25) is 0 Å². The molecule has 0 bridgehead atoms. The molecule has 1 aromatic heterocycles. The lowest BCUT2D eigenvalue weighted by molar-refractivity contribution is -0.388. The first kappa shape index (κ1) is 21.3. The summed E-state index contributed by atoms with van der Waals surface area (Å²) in [5, 5.41) is 24.6. The van der Waals surface area contributed by atoms with E-state index in [1.54, 1.807) is 39.0 Å². The molecule has 156 valence electrons. The quantitative estimate of drug-likeness (QED) is 0.230. The van der Waals surface area contributed by atoms with Crippen molar-refractivity contribution >= 4 is 40.9 Å². The molecule has 11 heteroatoms. The van der Waals surface area contributed by atoms with E-state index in [0.29, 0.717) is 23.1 Å². The van der Waals surface area contributed by atoms with Crippen LogP contribution in [0, 0.1) is 20.8 Å². The van der Waals surface area contributed by atoms with Crippen LogP contribution in [-0.2, 0) is 4.74 Å². The van der Waals surface area contributed by atoms with Gasteiger partial charge in [-0.1, -0.05) is 6.07 Å². The maximum absolute atomic E-state index is 12.1. The second-order valence-electron chi connectivity index (χ2n) is 7.59. The fourth-order valence-corrected chi connectivity index (χ4v) is 3.13. The average Bonchev–Trinajstić information content (AvgIpc) is 3.46. The Morgan fingerprint density at radius 2 is 2.17 bits per heavy atom. The van der Waals surface area contributed by atoms with Gasteiger partial charge in [0.15, 0.2) is 5.03 Å². The zero-order valence-electron chi connectivity index (χ0n) is 16.7. The highest BCUT2D eigenvalue weighted by molar-refractivity contribution is 8.03. The number of nitriles is 1. The van der Waals surface area contributed by atoms with E-state index in [1.165, 1.54) is 0 Å². The molecule has 0 atom stereocenters. The molecule has 1 aliphatic carbocycles. The molecule has 10 nitrogen and oxygen atoms in total. The molecule has 0 spiro atoms. The van der Waals surface area contributed by atoms with Crippen molar-refractivity contribution in [2.24, 2.45) is 0 Å². The molecule has 0 unspecified atom stereocenters. The Morgan fingerprint density at radius 1 is 1.43 bits per heavy atom. The first-order valence-corrected chi connectivity index (χ1v) is 9.96. The molecular weight excluding hydrogens is 408 g/mol. The lowest BCUT2D eigenvalue weighted by Gasteiger charge is -2.23. The fourth-order valence-electron chi connectivity index (χ4n) is 2.69. The molecule has 1 fully saturated rings. The molecule has 30 heavy (non-hydrogen) atoms. The molecular formula is C19H20N6O4S. The van der Waals surface area contributed by atoms with Gasteiger partial charge in [0.1, 0.15) is 17.2 Å². The SMILES string of the molecule is CC(C)(C)OC(=O)Nc1cccc(N(c2ncc([N+](=O)[O-])c(SC#N)n2)C2CC2)c1. The number of nitro groups is 1. The molecule has 1 N–H and O–H groups in total. The summed E-state index contributed by atoms with van der Waals surface area (Å²) in [5.41, 5.74) is 0.304. The molecule has 1 heterocycles. The molecule has 0 aliphatic heterocycles. The van der Waals surface area contributed by atoms with E-state index >= 15 is 0 Å². The molecule has 0 saturated heterocycles. The first-order valence-electron chi connectivity index (χ1n) is 9.14. The Morgan fingerprint density at radius 3 is 2.77 bits per heavy atom. The van der Waals surface area contributed by atoms with Gasteiger partial charge in [-0.25, -0.2) is 9.78 Å². The maximum Gasteiger partial charge on any atom is 0.412 e. The Labute approximate surface area is 177 Å². The van der Waals surface area contributed by atoms with Gasteiger partial charge in [-0.3, -0.25) is 15.4 Å². The van der Waals surface area contributed by atoms with Crippen molar-refractivity contribution in [3.05, 3.63) is 40.6 Å². The Bertz CT molecular complexity index is 1010. The van der Waals surface area contributed by atoms with Crippen LogP contribution in [0.1, 0.15) is 33.6 Å². The minimum absolute atomic E-state index is 0.0128. The van der Waals surface area contributed by atoms with Crippen LogP contribution in [0.25, 0.3) is 0 Å². The minimum atomic E-state index is -0.622. The van der Waals surface area contributed by atoms with Gasteiger partial charge >= 0.3 is 11.8 Å². The molecule has 1 aromatic carbocycles. The lowest BCUT2D eigenvalue weighted by atomic mass is 10.2. The van der Waals surface area contributed by atoms with Crippen LogP contribution in [-0.4, -0.2) is 32.6 Å².